The maximum atomic E-state index is 10.9. The van der Waals surface area contributed by atoms with Gasteiger partial charge in [-0.05, 0) is 17.0 Å². The molecule has 0 unspecified atom stereocenters. The molecule has 0 bridgehead atoms. The van der Waals surface area contributed by atoms with Crippen LogP contribution in [0.4, 0.5) is 10.5 Å². The van der Waals surface area contributed by atoms with Crippen LogP contribution in [-0.2, 0) is 10.2 Å². The normalized spacial score (nSPS) is 11.0. The first-order valence-electron chi connectivity index (χ1n) is 5.00. The second kappa shape index (κ2) is 4.43. The first kappa shape index (κ1) is 12.4. The molecule has 0 aliphatic heterocycles. The molecule has 0 saturated carbocycles. The zero-order chi connectivity index (χ0) is 12.3. The van der Waals surface area contributed by atoms with Gasteiger partial charge in [-0.25, -0.2) is 4.79 Å². The number of hydrogen-bond acceptors (Lipinski definition) is 4. The number of hydrogen-bond donors (Lipinski definition) is 1. The summed E-state index contributed by atoms with van der Waals surface area (Å²) in [6, 6.07) is 5.18. The Bertz CT molecular complexity index is 394. The largest absolute Gasteiger partial charge is 0.513 e. The SMILES string of the molecule is COC(=O)Oc1ccc(C(C)(C)C)c(N)c1. The first-order chi connectivity index (χ1) is 7.34. The van der Waals surface area contributed by atoms with E-state index in [0.717, 1.165) is 5.56 Å². The van der Waals surface area contributed by atoms with Crippen molar-refractivity contribution in [3.05, 3.63) is 23.8 Å². The number of anilines is 1. The first-order valence-corrected chi connectivity index (χ1v) is 5.00. The molecule has 0 saturated heterocycles. The molecule has 0 radical (unpaired) electrons. The molecule has 0 fully saturated rings. The van der Waals surface area contributed by atoms with E-state index in [-0.39, 0.29) is 5.41 Å². The average Bonchev–Trinajstić information content (AvgIpc) is 2.15. The summed E-state index contributed by atoms with van der Waals surface area (Å²) in [4.78, 5) is 10.9. The van der Waals surface area contributed by atoms with Crippen molar-refractivity contribution in [2.45, 2.75) is 26.2 Å². The number of methoxy groups -OCH3 is 1. The Balaban J connectivity index is 2.96. The molecule has 0 aliphatic carbocycles. The predicted molar refractivity (Wildman–Crippen MR) is 62.6 cm³/mol. The Labute approximate surface area is 95.3 Å². The zero-order valence-corrected chi connectivity index (χ0v) is 10.0. The number of nitrogens with two attached hydrogens (primary N) is 1. The lowest BCUT2D eigenvalue weighted by molar-refractivity contribution is 0.121. The van der Waals surface area contributed by atoms with Crippen molar-refractivity contribution in [1.82, 2.24) is 0 Å². The van der Waals surface area contributed by atoms with E-state index >= 15 is 0 Å². The van der Waals surface area contributed by atoms with Crippen LogP contribution in [0.2, 0.25) is 0 Å². The van der Waals surface area contributed by atoms with Crippen molar-refractivity contribution in [3.8, 4) is 5.75 Å². The third-order valence-electron chi connectivity index (χ3n) is 2.20. The zero-order valence-electron chi connectivity index (χ0n) is 10.0. The van der Waals surface area contributed by atoms with Gasteiger partial charge < -0.3 is 15.2 Å². The molecule has 1 aromatic carbocycles. The highest BCUT2D eigenvalue weighted by molar-refractivity contribution is 5.65. The van der Waals surface area contributed by atoms with E-state index in [0.29, 0.717) is 11.4 Å². The maximum Gasteiger partial charge on any atom is 0.513 e. The number of rotatable bonds is 1. The Morgan fingerprint density at radius 2 is 1.94 bits per heavy atom. The van der Waals surface area contributed by atoms with Gasteiger partial charge in [-0.1, -0.05) is 26.8 Å². The summed E-state index contributed by atoms with van der Waals surface area (Å²) in [5.74, 6) is 0.386. The Morgan fingerprint density at radius 3 is 2.38 bits per heavy atom. The lowest BCUT2D eigenvalue weighted by atomic mass is 9.86. The van der Waals surface area contributed by atoms with Gasteiger partial charge in [0.2, 0.25) is 0 Å². The lowest BCUT2D eigenvalue weighted by Crippen LogP contribution is -2.14. The van der Waals surface area contributed by atoms with Crippen molar-refractivity contribution >= 4 is 11.8 Å². The summed E-state index contributed by atoms with van der Waals surface area (Å²) in [5, 5.41) is 0. The second-order valence-electron chi connectivity index (χ2n) is 4.56. The van der Waals surface area contributed by atoms with Gasteiger partial charge in [-0.2, -0.15) is 0 Å². The van der Waals surface area contributed by atoms with Gasteiger partial charge >= 0.3 is 6.16 Å². The number of carbonyl (C=O) groups is 1. The smallest absolute Gasteiger partial charge is 0.437 e. The monoisotopic (exact) mass is 223 g/mol. The molecule has 0 amide bonds. The fourth-order valence-electron chi connectivity index (χ4n) is 1.43. The molecular formula is C12H17NO3. The van der Waals surface area contributed by atoms with Gasteiger partial charge in [0, 0.05) is 11.8 Å². The van der Waals surface area contributed by atoms with Gasteiger partial charge in [0.05, 0.1) is 7.11 Å². The summed E-state index contributed by atoms with van der Waals surface area (Å²) < 4.78 is 9.26. The average molecular weight is 223 g/mol. The summed E-state index contributed by atoms with van der Waals surface area (Å²) in [6.07, 6.45) is -0.747. The molecule has 0 aromatic heterocycles. The number of nitrogen functional groups attached to an aromatic ring is 1. The summed E-state index contributed by atoms with van der Waals surface area (Å²) in [6.45, 7) is 6.21. The van der Waals surface area contributed by atoms with Crippen LogP contribution in [0.1, 0.15) is 26.3 Å². The van der Waals surface area contributed by atoms with Crippen molar-refractivity contribution in [1.29, 1.82) is 0 Å². The van der Waals surface area contributed by atoms with Crippen LogP contribution >= 0.6 is 0 Å². The van der Waals surface area contributed by atoms with Crippen molar-refractivity contribution in [2.24, 2.45) is 0 Å². The molecule has 16 heavy (non-hydrogen) atoms. The van der Waals surface area contributed by atoms with E-state index in [1.54, 1.807) is 12.1 Å². The summed E-state index contributed by atoms with van der Waals surface area (Å²) in [7, 11) is 1.26. The Morgan fingerprint density at radius 1 is 1.31 bits per heavy atom. The van der Waals surface area contributed by atoms with Crippen LogP contribution < -0.4 is 10.5 Å². The van der Waals surface area contributed by atoms with Crippen molar-refractivity contribution in [2.75, 3.05) is 12.8 Å². The van der Waals surface area contributed by atoms with Crippen molar-refractivity contribution < 1.29 is 14.3 Å². The quantitative estimate of drug-likeness (QED) is 0.451. The lowest BCUT2D eigenvalue weighted by Gasteiger charge is -2.21. The van der Waals surface area contributed by atoms with Crippen LogP contribution in [-0.4, -0.2) is 13.3 Å². The highest BCUT2D eigenvalue weighted by atomic mass is 16.7. The number of carbonyl (C=O) groups excluding carboxylic acids is 1. The number of benzene rings is 1. The third-order valence-corrected chi connectivity index (χ3v) is 2.20. The minimum absolute atomic E-state index is 0.0339. The van der Waals surface area contributed by atoms with Crippen LogP contribution in [0.25, 0.3) is 0 Å². The standard InChI is InChI=1S/C12H17NO3/c1-12(2,3)9-6-5-8(7-10(9)13)16-11(14)15-4/h5-7H,13H2,1-4H3. The van der Waals surface area contributed by atoms with Gasteiger partial charge in [-0.3, -0.25) is 0 Å². The molecule has 1 aromatic rings. The van der Waals surface area contributed by atoms with Gasteiger partial charge in [0.25, 0.3) is 0 Å². The molecule has 4 nitrogen and oxygen atoms in total. The minimum Gasteiger partial charge on any atom is -0.437 e. The summed E-state index contributed by atoms with van der Waals surface area (Å²) >= 11 is 0. The van der Waals surface area contributed by atoms with E-state index in [1.807, 2.05) is 6.07 Å². The molecule has 88 valence electrons. The molecule has 0 spiro atoms. The van der Waals surface area contributed by atoms with E-state index in [2.05, 4.69) is 25.5 Å². The van der Waals surface area contributed by atoms with Crippen LogP contribution in [0, 0.1) is 0 Å². The molecular weight excluding hydrogens is 206 g/mol. The third kappa shape index (κ3) is 2.89. The molecule has 0 aliphatic rings. The molecule has 0 heterocycles. The van der Waals surface area contributed by atoms with Gasteiger partial charge in [0.15, 0.2) is 0 Å². The number of ether oxygens (including phenoxy) is 2. The maximum absolute atomic E-state index is 10.9. The van der Waals surface area contributed by atoms with Gasteiger partial charge in [0.1, 0.15) is 5.75 Å². The highest BCUT2D eigenvalue weighted by Crippen LogP contribution is 2.30. The summed E-state index contributed by atoms with van der Waals surface area (Å²) in [5.41, 5.74) is 7.48. The van der Waals surface area contributed by atoms with Crippen LogP contribution in [0.15, 0.2) is 18.2 Å². The highest BCUT2D eigenvalue weighted by Gasteiger charge is 2.17. The molecule has 1 rings (SSSR count). The van der Waals surface area contributed by atoms with Gasteiger partial charge in [-0.15, -0.1) is 0 Å². The molecule has 2 N–H and O–H groups in total. The Kier molecular flexibility index (Phi) is 3.42. The fourth-order valence-corrected chi connectivity index (χ4v) is 1.43. The minimum atomic E-state index is -0.747. The molecule has 4 heteroatoms. The van der Waals surface area contributed by atoms with Crippen molar-refractivity contribution in [3.63, 3.8) is 0 Å². The van der Waals surface area contributed by atoms with Crippen LogP contribution in [0.3, 0.4) is 0 Å². The Hall–Kier alpha value is -1.71. The van der Waals surface area contributed by atoms with Crippen LogP contribution in [0.5, 0.6) is 5.75 Å². The van der Waals surface area contributed by atoms with E-state index in [4.69, 9.17) is 10.5 Å². The topological polar surface area (TPSA) is 61.5 Å². The second-order valence-corrected chi connectivity index (χ2v) is 4.56. The van der Waals surface area contributed by atoms with E-state index in [1.165, 1.54) is 7.11 Å². The van der Waals surface area contributed by atoms with E-state index in [9.17, 15) is 4.79 Å². The molecule has 0 atom stereocenters. The predicted octanol–water partition coefficient (Wildman–Crippen LogP) is 2.71. The van der Waals surface area contributed by atoms with E-state index < -0.39 is 6.16 Å². The fraction of sp³-hybridized carbons (Fsp3) is 0.417.